The van der Waals surface area contributed by atoms with Crippen LogP contribution in [0.1, 0.15) is 5.69 Å². The van der Waals surface area contributed by atoms with Crippen molar-refractivity contribution in [3.63, 3.8) is 0 Å². The predicted molar refractivity (Wildman–Crippen MR) is 74.5 cm³/mol. The minimum absolute atomic E-state index is 0.613. The fraction of sp³-hybridized carbons (Fsp3) is 0.154. The van der Waals surface area contributed by atoms with E-state index in [1.54, 1.807) is 11.0 Å². The van der Waals surface area contributed by atoms with Crippen LogP contribution in [0, 0.1) is 0 Å². The lowest BCUT2D eigenvalue weighted by molar-refractivity contribution is 0.747. The highest BCUT2D eigenvalue weighted by molar-refractivity contribution is 5.91. The number of fused-ring (bicyclic) bond motifs is 1. The van der Waals surface area contributed by atoms with Gasteiger partial charge in [-0.15, -0.1) is 0 Å². The molecule has 3 aromatic rings. The van der Waals surface area contributed by atoms with Crippen LogP contribution in [0.5, 0.6) is 0 Å². The summed E-state index contributed by atoms with van der Waals surface area (Å²) >= 11 is 0. The van der Waals surface area contributed by atoms with E-state index in [1.807, 2.05) is 37.5 Å². The Kier molecular flexibility index (Phi) is 2.75. The molecule has 0 unspecified atom stereocenters. The SMILES string of the molecule is Cn1ccc(CNc2ncnc3ccc(N)cc23)n1. The maximum absolute atomic E-state index is 5.80. The molecule has 1 aromatic carbocycles. The summed E-state index contributed by atoms with van der Waals surface area (Å²) in [5.41, 5.74) is 8.33. The highest BCUT2D eigenvalue weighted by Crippen LogP contribution is 2.21. The Bertz CT molecular complexity index is 718. The van der Waals surface area contributed by atoms with Crippen molar-refractivity contribution in [1.82, 2.24) is 19.7 Å². The summed E-state index contributed by atoms with van der Waals surface area (Å²) in [7, 11) is 1.89. The number of benzene rings is 1. The van der Waals surface area contributed by atoms with Gasteiger partial charge in [-0.3, -0.25) is 4.68 Å². The lowest BCUT2D eigenvalue weighted by atomic mass is 10.2. The van der Waals surface area contributed by atoms with Crippen molar-refractivity contribution in [3.05, 3.63) is 42.5 Å². The summed E-state index contributed by atoms with van der Waals surface area (Å²) in [6.45, 7) is 0.613. The monoisotopic (exact) mass is 254 g/mol. The van der Waals surface area contributed by atoms with Gasteiger partial charge in [0, 0.05) is 24.3 Å². The summed E-state index contributed by atoms with van der Waals surface area (Å²) in [6, 6.07) is 7.55. The number of nitrogens with two attached hydrogens (primary N) is 1. The molecule has 19 heavy (non-hydrogen) atoms. The average Bonchev–Trinajstić information content (AvgIpc) is 2.82. The molecule has 0 aliphatic heterocycles. The summed E-state index contributed by atoms with van der Waals surface area (Å²) in [5.74, 6) is 0.767. The lowest BCUT2D eigenvalue weighted by Gasteiger charge is -2.07. The number of rotatable bonds is 3. The van der Waals surface area contributed by atoms with Crippen molar-refractivity contribution in [2.24, 2.45) is 7.05 Å². The number of hydrogen-bond acceptors (Lipinski definition) is 5. The molecular weight excluding hydrogens is 240 g/mol. The van der Waals surface area contributed by atoms with Crippen molar-refractivity contribution in [2.45, 2.75) is 6.54 Å². The van der Waals surface area contributed by atoms with Gasteiger partial charge in [0.1, 0.15) is 12.1 Å². The molecule has 6 heteroatoms. The van der Waals surface area contributed by atoms with Crippen LogP contribution in [0.2, 0.25) is 0 Å². The lowest BCUT2D eigenvalue weighted by Crippen LogP contribution is -2.04. The first kappa shape index (κ1) is 11.5. The predicted octanol–water partition coefficient (Wildman–Crippen LogP) is 1.56. The molecule has 0 radical (unpaired) electrons. The number of aromatic nitrogens is 4. The van der Waals surface area contributed by atoms with Crippen LogP contribution >= 0.6 is 0 Å². The first-order valence-corrected chi connectivity index (χ1v) is 5.95. The van der Waals surface area contributed by atoms with Gasteiger partial charge in [-0.1, -0.05) is 0 Å². The van der Waals surface area contributed by atoms with Gasteiger partial charge in [0.2, 0.25) is 0 Å². The second-order valence-electron chi connectivity index (χ2n) is 4.33. The molecule has 0 amide bonds. The topological polar surface area (TPSA) is 81.7 Å². The molecule has 0 aliphatic rings. The largest absolute Gasteiger partial charge is 0.399 e. The Balaban J connectivity index is 1.90. The van der Waals surface area contributed by atoms with E-state index in [0.717, 1.165) is 22.4 Å². The van der Waals surface area contributed by atoms with Gasteiger partial charge in [-0.25, -0.2) is 9.97 Å². The van der Waals surface area contributed by atoms with Crippen molar-refractivity contribution < 1.29 is 0 Å². The molecule has 96 valence electrons. The minimum atomic E-state index is 0.613. The Morgan fingerprint density at radius 3 is 2.95 bits per heavy atom. The van der Waals surface area contributed by atoms with Gasteiger partial charge in [-0.2, -0.15) is 5.10 Å². The first-order chi connectivity index (χ1) is 9.22. The van der Waals surface area contributed by atoms with Crippen LogP contribution in [-0.2, 0) is 13.6 Å². The molecule has 0 saturated heterocycles. The second kappa shape index (κ2) is 4.56. The normalized spacial score (nSPS) is 10.8. The van der Waals surface area contributed by atoms with Gasteiger partial charge < -0.3 is 11.1 Å². The molecule has 2 aromatic heterocycles. The molecule has 2 heterocycles. The van der Waals surface area contributed by atoms with E-state index in [9.17, 15) is 0 Å². The summed E-state index contributed by atoms with van der Waals surface area (Å²) in [6.07, 6.45) is 3.45. The number of anilines is 2. The fourth-order valence-electron chi connectivity index (χ4n) is 1.95. The standard InChI is InChI=1S/C13H14N6/c1-19-5-4-10(18-19)7-15-13-11-6-9(14)2-3-12(11)16-8-17-13/h2-6,8H,7,14H2,1H3,(H,15,16,17). The van der Waals surface area contributed by atoms with Crippen molar-refractivity contribution in [3.8, 4) is 0 Å². The Hall–Kier alpha value is -2.63. The fourth-order valence-corrected chi connectivity index (χ4v) is 1.95. The smallest absolute Gasteiger partial charge is 0.137 e. The van der Waals surface area contributed by atoms with Crippen LogP contribution in [0.3, 0.4) is 0 Å². The minimum Gasteiger partial charge on any atom is -0.399 e. The third kappa shape index (κ3) is 2.33. The number of nitrogen functional groups attached to an aromatic ring is 1. The van der Waals surface area contributed by atoms with Gasteiger partial charge in [0.05, 0.1) is 17.8 Å². The Labute approximate surface area is 110 Å². The molecule has 0 fully saturated rings. The molecule has 0 spiro atoms. The highest BCUT2D eigenvalue weighted by Gasteiger charge is 2.04. The molecule has 0 aliphatic carbocycles. The molecule has 6 nitrogen and oxygen atoms in total. The molecule has 0 bridgehead atoms. The molecule has 0 atom stereocenters. The van der Waals surface area contributed by atoms with E-state index < -0.39 is 0 Å². The highest BCUT2D eigenvalue weighted by atomic mass is 15.3. The van der Waals surface area contributed by atoms with E-state index in [2.05, 4.69) is 20.4 Å². The van der Waals surface area contributed by atoms with Crippen LogP contribution < -0.4 is 11.1 Å². The van der Waals surface area contributed by atoms with Crippen molar-refractivity contribution >= 4 is 22.4 Å². The maximum Gasteiger partial charge on any atom is 0.137 e. The second-order valence-corrected chi connectivity index (χ2v) is 4.33. The molecule has 3 N–H and O–H groups in total. The van der Waals surface area contributed by atoms with Crippen molar-refractivity contribution in [2.75, 3.05) is 11.1 Å². The van der Waals surface area contributed by atoms with Crippen LogP contribution in [-0.4, -0.2) is 19.7 Å². The summed E-state index contributed by atoms with van der Waals surface area (Å²) in [4.78, 5) is 8.47. The summed E-state index contributed by atoms with van der Waals surface area (Å²) < 4.78 is 1.77. The van der Waals surface area contributed by atoms with E-state index in [4.69, 9.17) is 5.73 Å². The van der Waals surface area contributed by atoms with Crippen LogP contribution in [0.15, 0.2) is 36.8 Å². The number of hydrogen-bond donors (Lipinski definition) is 2. The van der Waals surface area contributed by atoms with E-state index in [-0.39, 0.29) is 0 Å². The van der Waals surface area contributed by atoms with Gasteiger partial charge in [0.15, 0.2) is 0 Å². The van der Waals surface area contributed by atoms with Gasteiger partial charge in [-0.05, 0) is 24.3 Å². The summed E-state index contributed by atoms with van der Waals surface area (Å²) in [5, 5.41) is 8.49. The zero-order chi connectivity index (χ0) is 13.2. The van der Waals surface area contributed by atoms with Gasteiger partial charge in [0.25, 0.3) is 0 Å². The first-order valence-electron chi connectivity index (χ1n) is 5.95. The molecular formula is C13H14N6. The van der Waals surface area contributed by atoms with Gasteiger partial charge >= 0.3 is 0 Å². The van der Waals surface area contributed by atoms with Crippen LogP contribution in [0.4, 0.5) is 11.5 Å². The van der Waals surface area contributed by atoms with Crippen molar-refractivity contribution in [1.29, 1.82) is 0 Å². The third-order valence-electron chi connectivity index (χ3n) is 2.87. The number of aryl methyl sites for hydroxylation is 1. The molecule has 0 saturated carbocycles. The van der Waals surface area contributed by atoms with Crippen LogP contribution in [0.25, 0.3) is 10.9 Å². The quantitative estimate of drug-likeness (QED) is 0.693. The molecule has 3 rings (SSSR count). The zero-order valence-electron chi connectivity index (χ0n) is 10.5. The zero-order valence-corrected chi connectivity index (χ0v) is 10.5. The van der Waals surface area contributed by atoms with E-state index in [1.165, 1.54) is 0 Å². The average molecular weight is 254 g/mol. The van der Waals surface area contributed by atoms with E-state index in [0.29, 0.717) is 12.2 Å². The Morgan fingerprint density at radius 1 is 1.26 bits per heavy atom. The number of nitrogens with zero attached hydrogens (tertiary/aromatic N) is 4. The maximum atomic E-state index is 5.80. The van der Waals surface area contributed by atoms with E-state index >= 15 is 0 Å². The third-order valence-corrected chi connectivity index (χ3v) is 2.87. The number of nitrogens with one attached hydrogen (secondary N) is 1. The Morgan fingerprint density at radius 2 is 2.16 bits per heavy atom.